The number of rotatable bonds is 5. The zero-order valence-electron chi connectivity index (χ0n) is 11.9. The molecular formula is C15H26N2S. The van der Waals surface area contributed by atoms with Crippen LogP contribution in [0.3, 0.4) is 0 Å². The highest BCUT2D eigenvalue weighted by Crippen LogP contribution is 2.22. The maximum Gasteiger partial charge on any atom is 0.0332 e. The second-order valence-electron chi connectivity index (χ2n) is 5.48. The lowest BCUT2D eigenvalue weighted by atomic mass is 9.94. The fourth-order valence-corrected chi connectivity index (χ4v) is 3.52. The van der Waals surface area contributed by atoms with Crippen molar-refractivity contribution in [1.82, 2.24) is 10.2 Å². The average molecular weight is 266 g/mol. The Hall–Kier alpha value is -0.380. The summed E-state index contributed by atoms with van der Waals surface area (Å²) in [6.45, 7) is 10.5. The number of piperazine rings is 1. The van der Waals surface area contributed by atoms with Crippen LogP contribution < -0.4 is 5.32 Å². The van der Waals surface area contributed by atoms with Crippen molar-refractivity contribution in [2.45, 2.75) is 52.2 Å². The van der Waals surface area contributed by atoms with E-state index in [0.29, 0.717) is 12.1 Å². The fourth-order valence-electron chi connectivity index (χ4n) is 2.79. The molecule has 2 rings (SSSR count). The number of nitrogens with zero attached hydrogens (tertiary/aromatic N) is 1. The first kappa shape index (κ1) is 14.0. The van der Waals surface area contributed by atoms with Gasteiger partial charge < -0.3 is 5.32 Å². The van der Waals surface area contributed by atoms with Crippen molar-refractivity contribution in [2.75, 3.05) is 13.1 Å². The summed E-state index contributed by atoms with van der Waals surface area (Å²) in [6.07, 6.45) is 2.50. The summed E-state index contributed by atoms with van der Waals surface area (Å²) in [5, 5.41) is 5.89. The van der Waals surface area contributed by atoms with E-state index in [1.165, 1.54) is 24.3 Å². The number of thiophene rings is 1. The van der Waals surface area contributed by atoms with E-state index in [2.05, 4.69) is 48.5 Å². The highest BCUT2D eigenvalue weighted by molar-refractivity contribution is 7.09. The maximum absolute atomic E-state index is 3.71. The maximum atomic E-state index is 3.71. The molecule has 1 saturated heterocycles. The molecule has 0 aromatic carbocycles. The van der Waals surface area contributed by atoms with Crippen LogP contribution in [-0.2, 0) is 6.54 Å². The van der Waals surface area contributed by atoms with Gasteiger partial charge in [-0.1, -0.05) is 33.3 Å². The Bertz CT molecular complexity index is 336. The van der Waals surface area contributed by atoms with E-state index in [0.717, 1.165) is 19.0 Å². The second-order valence-corrected chi connectivity index (χ2v) is 6.51. The Morgan fingerprint density at radius 2 is 2.33 bits per heavy atom. The van der Waals surface area contributed by atoms with Crippen molar-refractivity contribution in [3.63, 3.8) is 0 Å². The van der Waals surface area contributed by atoms with Crippen molar-refractivity contribution < 1.29 is 0 Å². The van der Waals surface area contributed by atoms with Gasteiger partial charge in [0.05, 0.1) is 0 Å². The van der Waals surface area contributed by atoms with Gasteiger partial charge in [0.25, 0.3) is 0 Å². The normalized spacial score (nSPS) is 27.3. The van der Waals surface area contributed by atoms with Crippen LogP contribution >= 0.6 is 11.3 Å². The number of nitrogens with one attached hydrogen (secondary N) is 1. The minimum absolute atomic E-state index is 0.672. The summed E-state index contributed by atoms with van der Waals surface area (Å²) in [7, 11) is 0. The third kappa shape index (κ3) is 3.34. The van der Waals surface area contributed by atoms with Crippen LogP contribution in [0.15, 0.2) is 17.5 Å². The zero-order valence-corrected chi connectivity index (χ0v) is 12.7. The first-order valence-corrected chi connectivity index (χ1v) is 8.12. The minimum Gasteiger partial charge on any atom is -0.311 e. The molecule has 18 heavy (non-hydrogen) atoms. The van der Waals surface area contributed by atoms with Crippen molar-refractivity contribution in [1.29, 1.82) is 0 Å². The third-order valence-electron chi connectivity index (χ3n) is 4.27. The van der Waals surface area contributed by atoms with Crippen LogP contribution in [0.4, 0.5) is 0 Å². The van der Waals surface area contributed by atoms with Crippen molar-refractivity contribution in [2.24, 2.45) is 5.92 Å². The van der Waals surface area contributed by atoms with Gasteiger partial charge in [-0.3, -0.25) is 4.90 Å². The summed E-state index contributed by atoms with van der Waals surface area (Å²) in [4.78, 5) is 4.20. The van der Waals surface area contributed by atoms with E-state index in [-0.39, 0.29) is 0 Å². The molecule has 1 aliphatic heterocycles. The lowest BCUT2D eigenvalue weighted by molar-refractivity contribution is 0.0842. The van der Waals surface area contributed by atoms with Crippen LogP contribution in [0, 0.1) is 5.92 Å². The van der Waals surface area contributed by atoms with Gasteiger partial charge in [0.2, 0.25) is 0 Å². The molecule has 1 aliphatic rings. The molecule has 3 unspecified atom stereocenters. The molecule has 0 amide bonds. The van der Waals surface area contributed by atoms with Gasteiger partial charge in [-0.05, 0) is 23.8 Å². The van der Waals surface area contributed by atoms with Gasteiger partial charge in [0, 0.05) is 36.6 Å². The Morgan fingerprint density at radius 1 is 1.50 bits per heavy atom. The van der Waals surface area contributed by atoms with Crippen LogP contribution in [0.25, 0.3) is 0 Å². The molecule has 2 heterocycles. The molecule has 1 N–H and O–H groups in total. The summed E-state index contributed by atoms with van der Waals surface area (Å²) in [5.74, 6) is 0.773. The number of hydrogen-bond acceptors (Lipinski definition) is 3. The van der Waals surface area contributed by atoms with Crippen LogP contribution in [0.5, 0.6) is 0 Å². The summed E-state index contributed by atoms with van der Waals surface area (Å²) < 4.78 is 0. The molecule has 3 atom stereocenters. The van der Waals surface area contributed by atoms with Crippen LogP contribution in [-0.4, -0.2) is 30.1 Å². The van der Waals surface area contributed by atoms with Gasteiger partial charge in [0.1, 0.15) is 0 Å². The standard InChI is InChI=1S/C15H26N2S/c1-4-12(3)15-9-16-13(5-2)10-17(15)11-14-7-6-8-18-14/h6-8,12-13,15-16H,4-5,9-11H2,1-3H3. The Balaban J connectivity index is 2.03. The quantitative estimate of drug-likeness (QED) is 0.879. The molecule has 102 valence electrons. The van der Waals surface area contributed by atoms with Gasteiger partial charge in [0.15, 0.2) is 0 Å². The fraction of sp³-hybridized carbons (Fsp3) is 0.733. The van der Waals surface area contributed by atoms with E-state index < -0.39 is 0 Å². The predicted molar refractivity (Wildman–Crippen MR) is 80.1 cm³/mol. The number of hydrogen-bond donors (Lipinski definition) is 1. The lowest BCUT2D eigenvalue weighted by Crippen LogP contribution is -2.57. The zero-order chi connectivity index (χ0) is 13.0. The molecule has 0 aliphatic carbocycles. The SMILES string of the molecule is CCC1CN(Cc2cccs2)C(C(C)CC)CN1. The van der Waals surface area contributed by atoms with Gasteiger partial charge in [-0.15, -0.1) is 11.3 Å². The molecule has 1 fully saturated rings. The first-order chi connectivity index (χ1) is 8.74. The average Bonchev–Trinajstić information content (AvgIpc) is 2.90. The molecule has 0 saturated carbocycles. The third-order valence-corrected chi connectivity index (χ3v) is 5.13. The molecule has 1 aromatic heterocycles. The minimum atomic E-state index is 0.672. The van der Waals surface area contributed by atoms with E-state index in [1.54, 1.807) is 0 Å². The van der Waals surface area contributed by atoms with Gasteiger partial charge in [-0.25, -0.2) is 0 Å². The molecule has 0 spiro atoms. The summed E-state index contributed by atoms with van der Waals surface area (Å²) in [5.41, 5.74) is 0. The van der Waals surface area contributed by atoms with E-state index >= 15 is 0 Å². The summed E-state index contributed by atoms with van der Waals surface area (Å²) in [6, 6.07) is 5.80. The molecular weight excluding hydrogens is 240 g/mol. The van der Waals surface area contributed by atoms with Crippen molar-refractivity contribution in [3.05, 3.63) is 22.4 Å². The molecule has 3 heteroatoms. The summed E-state index contributed by atoms with van der Waals surface area (Å²) >= 11 is 1.88. The van der Waals surface area contributed by atoms with Gasteiger partial charge >= 0.3 is 0 Å². The van der Waals surface area contributed by atoms with E-state index in [1.807, 2.05) is 11.3 Å². The van der Waals surface area contributed by atoms with Crippen molar-refractivity contribution >= 4 is 11.3 Å². The topological polar surface area (TPSA) is 15.3 Å². The second kappa shape index (κ2) is 6.69. The Kier molecular flexibility index (Phi) is 5.22. The van der Waals surface area contributed by atoms with E-state index in [4.69, 9.17) is 0 Å². The highest BCUT2D eigenvalue weighted by Gasteiger charge is 2.30. The molecule has 2 nitrogen and oxygen atoms in total. The van der Waals surface area contributed by atoms with E-state index in [9.17, 15) is 0 Å². The smallest absolute Gasteiger partial charge is 0.0332 e. The first-order valence-electron chi connectivity index (χ1n) is 7.24. The predicted octanol–water partition coefficient (Wildman–Crippen LogP) is 3.35. The largest absolute Gasteiger partial charge is 0.311 e. The monoisotopic (exact) mass is 266 g/mol. The lowest BCUT2D eigenvalue weighted by Gasteiger charge is -2.42. The highest BCUT2D eigenvalue weighted by atomic mass is 32.1. The molecule has 1 aromatic rings. The Labute approximate surface area is 115 Å². The molecule has 0 radical (unpaired) electrons. The van der Waals surface area contributed by atoms with Crippen molar-refractivity contribution in [3.8, 4) is 0 Å². The van der Waals surface area contributed by atoms with Crippen LogP contribution in [0.1, 0.15) is 38.5 Å². The molecule has 0 bridgehead atoms. The van der Waals surface area contributed by atoms with Gasteiger partial charge in [-0.2, -0.15) is 0 Å². The van der Waals surface area contributed by atoms with Crippen LogP contribution in [0.2, 0.25) is 0 Å². The Morgan fingerprint density at radius 3 is 2.94 bits per heavy atom.